The first kappa shape index (κ1) is 16.7. The normalized spacial score (nSPS) is 21.1. The molecule has 0 N–H and O–H groups in total. The van der Waals surface area contributed by atoms with Crippen LogP contribution in [0, 0.1) is 0 Å². The maximum atomic E-state index is 6.24. The smallest absolute Gasteiger partial charge is 0.236 e. The third kappa shape index (κ3) is 3.51. The first-order valence-electron chi connectivity index (χ1n) is 8.43. The number of likely N-dealkylation sites (N-methyl/N-ethyl adjacent to an activating group) is 1. The van der Waals surface area contributed by atoms with Crippen LogP contribution < -0.4 is 9.47 Å². The van der Waals surface area contributed by atoms with Gasteiger partial charge in [0.25, 0.3) is 0 Å². The van der Waals surface area contributed by atoms with Crippen LogP contribution in [0.4, 0.5) is 0 Å². The van der Waals surface area contributed by atoms with Crippen LogP contribution in [-0.4, -0.2) is 47.7 Å². The minimum Gasteiger partial charge on any atom is -0.497 e. The molecule has 2 unspecified atom stereocenters. The Balaban J connectivity index is 1.93. The van der Waals surface area contributed by atoms with Crippen LogP contribution in [0.3, 0.4) is 0 Å². The molecule has 1 aliphatic heterocycles. The predicted octanol–water partition coefficient (Wildman–Crippen LogP) is 3.23. The number of fused-ring (bicyclic) bond motifs is 1. The molecule has 0 bridgehead atoms. The molecular weight excluding hydrogens is 302 g/mol. The lowest BCUT2D eigenvalue weighted by atomic mass is 10.2. The summed E-state index contributed by atoms with van der Waals surface area (Å²) in [4.78, 5) is 11.8. The molecule has 2 heterocycles. The number of hydrogen-bond acceptors (Lipinski definition) is 5. The lowest BCUT2D eigenvalue weighted by Crippen LogP contribution is -2.24. The summed E-state index contributed by atoms with van der Waals surface area (Å²) in [6.45, 7) is 6.94. The molecule has 5 nitrogen and oxygen atoms in total. The number of ether oxygens (including phenoxy) is 2. The Morgan fingerprint density at radius 3 is 2.83 bits per heavy atom. The predicted molar refractivity (Wildman–Crippen MR) is 95.7 cm³/mol. The van der Waals surface area contributed by atoms with Crippen LogP contribution in [0.15, 0.2) is 30.9 Å². The van der Waals surface area contributed by atoms with Gasteiger partial charge in [-0.15, -0.1) is 6.58 Å². The van der Waals surface area contributed by atoms with Gasteiger partial charge in [0.2, 0.25) is 5.88 Å². The van der Waals surface area contributed by atoms with Crippen molar-refractivity contribution in [3.63, 3.8) is 0 Å². The zero-order chi connectivity index (χ0) is 17.1. The first-order chi connectivity index (χ1) is 11.6. The molecule has 1 aliphatic rings. The third-order valence-corrected chi connectivity index (χ3v) is 4.62. The van der Waals surface area contributed by atoms with E-state index in [2.05, 4.69) is 25.5 Å². The van der Waals surface area contributed by atoms with E-state index in [0.717, 1.165) is 48.3 Å². The average Bonchev–Trinajstić information content (AvgIpc) is 2.90. The molecule has 0 spiro atoms. The zero-order valence-electron chi connectivity index (χ0n) is 14.7. The van der Waals surface area contributed by atoms with Gasteiger partial charge < -0.3 is 9.47 Å². The minimum absolute atomic E-state index is 0.157. The largest absolute Gasteiger partial charge is 0.497 e. The monoisotopic (exact) mass is 327 g/mol. The van der Waals surface area contributed by atoms with Crippen molar-refractivity contribution in [2.75, 3.05) is 20.7 Å². The van der Waals surface area contributed by atoms with Crippen molar-refractivity contribution in [3.8, 4) is 11.6 Å². The summed E-state index contributed by atoms with van der Waals surface area (Å²) in [5.74, 6) is 1.42. The summed E-state index contributed by atoms with van der Waals surface area (Å²) in [7, 11) is 3.78. The van der Waals surface area contributed by atoms with Crippen molar-refractivity contribution in [3.05, 3.63) is 36.5 Å². The summed E-state index contributed by atoms with van der Waals surface area (Å²) < 4.78 is 11.5. The van der Waals surface area contributed by atoms with Gasteiger partial charge in [-0.3, -0.25) is 4.90 Å². The highest BCUT2D eigenvalue weighted by atomic mass is 16.5. The van der Waals surface area contributed by atoms with Crippen LogP contribution in [0.25, 0.3) is 11.0 Å². The summed E-state index contributed by atoms with van der Waals surface area (Å²) in [5, 5.41) is 0. The summed E-state index contributed by atoms with van der Waals surface area (Å²) in [5.41, 5.74) is 2.56. The molecule has 1 aromatic carbocycles. The fraction of sp³-hybridized carbons (Fsp3) is 0.474. The Labute approximate surface area is 143 Å². The standard InChI is InChI=1S/C19H25N3O2/c1-5-6-7-17-19(24-15-10-13(2)22(3)12-15)21-18-11-14(23-4)8-9-16(18)20-17/h5,8-9,11,13,15H,1,6-7,10,12H2,2-4H3. The van der Waals surface area contributed by atoms with Crippen molar-refractivity contribution in [1.29, 1.82) is 0 Å². The van der Waals surface area contributed by atoms with Gasteiger partial charge in [-0.25, -0.2) is 9.97 Å². The van der Waals surface area contributed by atoms with E-state index in [0.29, 0.717) is 11.9 Å². The Kier molecular flexibility index (Phi) is 5.00. The highest BCUT2D eigenvalue weighted by Crippen LogP contribution is 2.27. The van der Waals surface area contributed by atoms with Crippen molar-refractivity contribution >= 4 is 11.0 Å². The molecule has 1 saturated heterocycles. The van der Waals surface area contributed by atoms with Gasteiger partial charge in [-0.2, -0.15) is 0 Å². The number of likely N-dealkylation sites (tertiary alicyclic amines) is 1. The summed E-state index contributed by atoms with van der Waals surface area (Å²) in [6.07, 6.45) is 4.70. The number of aromatic nitrogens is 2. The van der Waals surface area contributed by atoms with E-state index in [1.54, 1.807) is 7.11 Å². The summed E-state index contributed by atoms with van der Waals surface area (Å²) >= 11 is 0. The lowest BCUT2D eigenvalue weighted by molar-refractivity contribution is 0.197. The number of allylic oxidation sites excluding steroid dienone is 1. The van der Waals surface area contributed by atoms with E-state index in [1.165, 1.54) is 0 Å². The maximum Gasteiger partial charge on any atom is 0.236 e. The SMILES string of the molecule is C=CCCc1nc2ccc(OC)cc2nc1OC1CC(C)N(C)C1. The molecule has 5 heteroatoms. The Bertz CT molecular complexity index is 722. The minimum atomic E-state index is 0.157. The second-order valence-corrected chi connectivity index (χ2v) is 6.42. The van der Waals surface area contributed by atoms with E-state index in [4.69, 9.17) is 19.4 Å². The fourth-order valence-electron chi connectivity index (χ4n) is 3.06. The molecule has 1 fully saturated rings. The summed E-state index contributed by atoms with van der Waals surface area (Å²) in [6, 6.07) is 6.27. The van der Waals surface area contributed by atoms with E-state index in [1.807, 2.05) is 24.3 Å². The highest BCUT2D eigenvalue weighted by molar-refractivity contribution is 5.76. The van der Waals surface area contributed by atoms with Crippen LogP contribution in [0.1, 0.15) is 25.5 Å². The van der Waals surface area contributed by atoms with Gasteiger partial charge >= 0.3 is 0 Å². The molecule has 1 aromatic heterocycles. The number of nitrogens with zero attached hydrogens (tertiary/aromatic N) is 3. The molecule has 24 heavy (non-hydrogen) atoms. The molecular formula is C19H25N3O2. The molecule has 2 atom stereocenters. The number of aryl methyl sites for hydroxylation is 1. The average molecular weight is 327 g/mol. The molecule has 128 valence electrons. The lowest BCUT2D eigenvalue weighted by Gasteiger charge is -2.16. The van der Waals surface area contributed by atoms with Crippen molar-refractivity contribution in [2.24, 2.45) is 0 Å². The molecule has 0 aliphatic carbocycles. The second-order valence-electron chi connectivity index (χ2n) is 6.42. The highest BCUT2D eigenvalue weighted by Gasteiger charge is 2.28. The zero-order valence-corrected chi connectivity index (χ0v) is 14.7. The van der Waals surface area contributed by atoms with Gasteiger partial charge in [-0.05, 0) is 38.9 Å². The van der Waals surface area contributed by atoms with Crippen molar-refractivity contribution in [2.45, 2.75) is 38.3 Å². The van der Waals surface area contributed by atoms with Crippen LogP contribution in [-0.2, 0) is 6.42 Å². The molecule has 2 aromatic rings. The Hall–Kier alpha value is -2.14. The number of rotatable bonds is 6. The number of hydrogen-bond donors (Lipinski definition) is 0. The van der Waals surface area contributed by atoms with Crippen LogP contribution >= 0.6 is 0 Å². The van der Waals surface area contributed by atoms with Crippen molar-refractivity contribution < 1.29 is 9.47 Å². The van der Waals surface area contributed by atoms with E-state index in [9.17, 15) is 0 Å². The molecule has 0 saturated carbocycles. The number of benzene rings is 1. The first-order valence-corrected chi connectivity index (χ1v) is 8.43. The molecule has 0 amide bonds. The van der Waals surface area contributed by atoms with Crippen molar-refractivity contribution in [1.82, 2.24) is 14.9 Å². The van der Waals surface area contributed by atoms with E-state index < -0.39 is 0 Å². The third-order valence-electron chi connectivity index (χ3n) is 4.62. The quantitative estimate of drug-likeness (QED) is 0.762. The molecule has 3 rings (SSSR count). The van der Waals surface area contributed by atoms with Gasteiger partial charge in [0.15, 0.2) is 0 Å². The van der Waals surface area contributed by atoms with E-state index >= 15 is 0 Å². The van der Waals surface area contributed by atoms with Gasteiger partial charge in [0.05, 0.1) is 18.1 Å². The van der Waals surface area contributed by atoms with Gasteiger partial charge in [0.1, 0.15) is 17.5 Å². The molecule has 0 radical (unpaired) electrons. The Morgan fingerprint density at radius 2 is 2.17 bits per heavy atom. The maximum absolute atomic E-state index is 6.24. The second kappa shape index (κ2) is 7.18. The van der Waals surface area contributed by atoms with E-state index in [-0.39, 0.29) is 6.10 Å². The van der Waals surface area contributed by atoms with Crippen LogP contribution in [0.2, 0.25) is 0 Å². The van der Waals surface area contributed by atoms with Crippen LogP contribution in [0.5, 0.6) is 11.6 Å². The Morgan fingerprint density at radius 1 is 1.33 bits per heavy atom. The number of methoxy groups -OCH3 is 1. The van der Waals surface area contributed by atoms with Gasteiger partial charge in [0, 0.05) is 25.1 Å². The topological polar surface area (TPSA) is 47.5 Å². The van der Waals surface area contributed by atoms with Gasteiger partial charge in [-0.1, -0.05) is 6.08 Å². The fourth-order valence-corrected chi connectivity index (χ4v) is 3.06.